The SMILES string of the molecule is O=C([O-])CCc1ccc(-c2cccs2)n1-c1ccccc1F. The number of benzene rings is 1. The lowest BCUT2D eigenvalue weighted by atomic mass is 10.2. The Labute approximate surface area is 131 Å². The molecule has 0 fully saturated rings. The minimum atomic E-state index is -1.11. The molecular formula is C17H13FNO2S-. The zero-order valence-corrected chi connectivity index (χ0v) is 12.5. The number of carboxylic acid groups (broad SMARTS) is 1. The van der Waals surface area contributed by atoms with Gasteiger partial charge in [0.25, 0.3) is 0 Å². The van der Waals surface area contributed by atoms with Crippen LogP contribution in [0.1, 0.15) is 12.1 Å². The fraction of sp³-hybridized carbons (Fsp3) is 0.118. The highest BCUT2D eigenvalue weighted by Gasteiger charge is 2.15. The number of aromatic nitrogens is 1. The lowest BCUT2D eigenvalue weighted by Crippen LogP contribution is -2.22. The number of thiophene rings is 1. The Morgan fingerprint density at radius 2 is 1.95 bits per heavy atom. The quantitative estimate of drug-likeness (QED) is 0.726. The van der Waals surface area contributed by atoms with Gasteiger partial charge in [0.15, 0.2) is 0 Å². The van der Waals surface area contributed by atoms with Crippen LogP contribution in [-0.4, -0.2) is 10.5 Å². The molecule has 1 aromatic carbocycles. The monoisotopic (exact) mass is 314 g/mol. The van der Waals surface area contributed by atoms with Crippen LogP contribution in [0.2, 0.25) is 0 Å². The normalized spacial score (nSPS) is 10.8. The van der Waals surface area contributed by atoms with Crippen LogP contribution in [0.5, 0.6) is 0 Å². The zero-order chi connectivity index (χ0) is 15.5. The van der Waals surface area contributed by atoms with Gasteiger partial charge >= 0.3 is 0 Å². The summed E-state index contributed by atoms with van der Waals surface area (Å²) < 4.78 is 16.0. The highest BCUT2D eigenvalue weighted by atomic mass is 32.1. The molecule has 2 aromatic heterocycles. The molecule has 5 heteroatoms. The van der Waals surface area contributed by atoms with Gasteiger partial charge in [-0.15, -0.1) is 11.3 Å². The van der Waals surface area contributed by atoms with Crippen molar-refractivity contribution in [3.05, 3.63) is 65.4 Å². The van der Waals surface area contributed by atoms with Gasteiger partial charge in [-0.3, -0.25) is 0 Å². The van der Waals surface area contributed by atoms with Gasteiger partial charge in [-0.2, -0.15) is 0 Å². The number of hydrogen-bond acceptors (Lipinski definition) is 3. The fourth-order valence-corrected chi connectivity index (χ4v) is 3.18. The number of halogens is 1. The second-order valence-electron chi connectivity index (χ2n) is 4.85. The summed E-state index contributed by atoms with van der Waals surface area (Å²) in [6, 6.07) is 14.1. The predicted molar refractivity (Wildman–Crippen MR) is 82.4 cm³/mol. The Morgan fingerprint density at radius 1 is 1.14 bits per heavy atom. The predicted octanol–water partition coefficient (Wildman–Crippen LogP) is 3.03. The van der Waals surface area contributed by atoms with Crippen molar-refractivity contribution in [1.82, 2.24) is 4.57 Å². The first-order chi connectivity index (χ1) is 10.7. The van der Waals surface area contributed by atoms with Crippen LogP contribution in [0, 0.1) is 5.82 Å². The number of carbonyl (C=O) groups is 1. The molecule has 2 heterocycles. The van der Waals surface area contributed by atoms with Crippen LogP contribution in [0.3, 0.4) is 0 Å². The second kappa shape index (κ2) is 6.15. The van der Waals surface area contributed by atoms with E-state index in [2.05, 4.69) is 0 Å². The van der Waals surface area contributed by atoms with E-state index < -0.39 is 5.97 Å². The summed E-state index contributed by atoms with van der Waals surface area (Å²) in [5.74, 6) is -1.45. The molecule has 0 spiro atoms. The van der Waals surface area contributed by atoms with E-state index in [9.17, 15) is 14.3 Å². The molecule has 0 saturated carbocycles. The van der Waals surface area contributed by atoms with Gasteiger partial charge in [-0.1, -0.05) is 18.2 Å². The number of aliphatic carboxylic acids is 1. The van der Waals surface area contributed by atoms with Crippen LogP contribution in [0.25, 0.3) is 16.3 Å². The van der Waals surface area contributed by atoms with Crippen LogP contribution in [0.4, 0.5) is 4.39 Å². The van der Waals surface area contributed by atoms with Crippen LogP contribution in [0.15, 0.2) is 53.9 Å². The molecule has 112 valence electrons. The van der Waals surface area contributed by atoms with Crippen molar-refractivity contribution < 1.29 is 14.3 Å². The number of aryl methyl sites for hydroxylation is 1. The Bertz CT molecular complexity index is 793. The summed E-state index contributed by atoms with van der Waals surface area (Å²) in [6.45, 7) is 0. The lowest BCUT2D eigenvalue weighted by molar-refractivity contribution is -0.305. The van der Waals surface area contributed by atoms with Crippen LogP contribution >= 0.6 is 11.3 Å². The van der Waals surface area contributed by atoms with E-state index in [4.69, 9.17) is 0 Å². The van der Waals surface area contributed by atoms with E-state index in [1.807, 2.05) is 29.6 Å². The summed E-state index contributed by atoms with van der Waals surface area (Å²) in [5, 5.41) is 12.7. The Morgan fingerprint density at radius 3 is 2.64 bits per heavy atom. The van der Waals surface area contributed by atoms with E-state index in [0.29, 0.717) is 12.1 Å². The number of carbonyl (C=O) groups excluding carboxylic acids is 1. The molecule has 0 bridgehead atoms. The average molecular weight is 314 g/mol. The maximum atomic E-state index is 14.2. The molecule has 0 aliphatic carbocycles. The molecule has 0 atom stereocenters. The minimum Gasteiger partial charge on any atom is -0.550 e. The summed E-state index contributed by atoms with van der Waals surface area (Å²) in [5.41, 5.74) is 2.02. The Hall–Kier alpha value is -2.40. The van der Waals surface area contributed by atoms with E-state index in [1.165, 1.54) is 6.07 Å². The third kappa shape index (κ3) is 2.80. The lowest BCUT2D eigenvalue weighted by Gasteiger charge is -2.14. The maximum absolute atomic E-state index is 14.2. The Balaban J connectivity index is 2.13. The zero-order valence-electron chi connectivity index (χ0n) is 11.7. The Kier molecular flexibility index (Phi) is 4.06. The first-order valence-corrected chi connectivity index (χ1v) is 7.74. The van der Waals surface area contributed by atoms with E-state index in [0.717, 1.165) is 16.3 Å². The van der Waals surface area contributed by atoms with Gasteiger partial charge in [0.05, 0.1) is 16.3 Å². The summed E-state index contributed by atoms with van der Waals surface area (Å²) >= 11 is 1.56. The number of rotatable bonds is 5. The second-order valence-corrected chi connectivity index (χ2v) is 5.79. The third-order valence-electron chi connectivity index (χ3n) is 3.41. The smallest absolute Gasteiger partial charge is 0.147 e. The standard InChI is InChI=1S/C17H14FNO2S/c18-13-4-1-2-5-14(13)19-12(8-10-17(20)21)7-9-15(19)16-6-3-11-22-16/h1-7,9,11H,8,10H2,(H,20,21)/p-1. The van der Waals surface area contributed by atoms with Gasteiger partial charge < -0.3 is 14.5 Å². The number of hydrogen-bond donors (Lipinski definition) is 0. The first-order valence-electron chi connectivity index (χ1n) is 6.86. The third-order valence-corrected chi connectivity index (χ3v) is 4.31. The highest BCUT2D eigenvalue weighted by molar-refractivity contribution is 7.13. The molecule has 3 aromatic rings. The van der Waals surface area contributed by atoms with Crippen LogP contribution < -0.4 is 5.11 Å². The maximum Gasteiger partial charge on any atom is 0.147 e. The fourth-order valence-electron chi connectivity index (χ4n) is 2.44. The number of carboxylic acids is 1. The number of para-hydroxylation sites is 1. The molecule has 3 rings (SSSR count). The van der Waals surface area contributed by atoms with Crippen molar-refractivity contribution in [1.29, 1.82) is 0 Å². The molecule has 22 heavy (non-hydrogen) atoms. The van der Waals surface area contributed by atoms with Gasteiger partial charge in [0, 0.05) is 11.7 Å². The summed E-state index contributed by atoms with van der Waals surface area (Å²) in [6.07, 6.45) is 0.199. The van der Waals surface area contributed by atoms with Crippen LogP contribution in [-0.2, 0) is 11.2 Å². The molecule has 0 radical (unpaired) electrons. The van der Waals surface area contributed by atoms with Gasteiger partial charge in [0.2, 0.25) is 0 Å². The summed E-state index contributed by atoms with van der Waals surface area (Å²) in [4.78, 5) is 11.7. The van der Waals surface area contributed by atoms with E-state index in [-0.39, 0.29) is 12.2 Å². The molecular weight excluding hydrogens is 301 g/mol. The topological polar surface area (TPSA) is 45.1 Å². The van der Waals surface area contributed by atoms with Gasteiger partial charge in [-0.25, -0.2) is 4.39 Å². The molecule has 0 unspecified atom stereocenters. The van der Waals surface area contributed by atoms with Gasteiger partial charge in [0.1, 0.15) is 5.82 Å². The van der Waals surface area contributed by atoms with E-state index in [1.54, 1.807) is 34.1 Å². The highest BCUT2D eigenvalue weighted by Crippen LogP contribution is 2.31. The van der Waals surface area contributed by atoms with Crippen molar-refractivity contribution in [2.45, 2.75) is 12.8 Å². The average Bonchev–Trinajstić information content (AvgIpc) is 3.14. The van der Waals surface area contributed by atoms with Crippen molar-refractivity contribution in [2.75, 3.05) is 0 Å². The van der Waals surface area contributed by atoms with Crippen molar-refractivity contribution in [3.63, 3.8) is 0 Å². The molecule has 0 aliphatic heterocycles. The van der Waals surface area contributed by atoms with Crippen molar-refractivity contribution in [3.8, 4) is 16.3 Å². The van der Waals surface area contributed by atoms with Crippen molar-refractivity contribution in [2.24, 2.45) is 0 Å². The molecule has 0 aliphatic rings. The first kappa shape index (κ1) is 14.5. The molecule has 0 saturated heterocycles. The van der Waals surface area contributed by atoms with E-state index >= 15 is 0 Å². The minimum absolute atomic E-state index is 0.0949. The molecule has 0 amide bonds. The molecule has 3 nitrogen and oxygen atoms in total. The largest absolute Gasteiger partial charge is 0.550 e. The van der Waals surface area contributed by atoms with Gasteiger partial charge in [-0.05, 0) is 48.6 Å². The molecule has 0 N–H and O–H groups in total. The summed E-state index contributed by atoms with van der Waals surface area (Å²) in [7, 11) is 0. The van der Waals surface area contributed by atoms with Crippen molar-refractivity contribution >= 4 is 17.3 Å². The number of nitrogens with zero attached hydrogens (tertiary/aromatic N) is 1.